The minimum absolute atomic E-state index is 0.0700. The number of hydrogen-bond donors (Lipinski definition) is 0. The lowest BCUT2D eigenvalue weighted by atomic mass is 9.90. The predicted molar refractivity (Wildman–Crippen MR) is 101 cm³/mol. The first-order valence-corrected chi connectivity index (χ1v) is 8.50. The lowest BCUT2D eigenvalue weighted by molar-refractivity contribution is -0.119. The molecule has 1 aliphatic heterocycles. The Morgan fingerprint density at radius 1 is 0.846 bits per heavy atom. The number of nitrogens with zero attached hydrogens (tertiary/aromatic N) is 2. The smallest absolute Gasteiger partial charge is 0.256 e. The molecule has 0 aromatic heterocycles. The van der Waals surface area contributed by atoms with Crippen LogP contribution in [0.5, 0.6) is 0 Å². The second-order valence-corrected chi connectivity index (χ2v) is 6.22. The summed E-state index contributed by atoms with van der Waals surface area (Å²) in [7, 11) is 0. The number of anilines is 1. The Morgan fingerprint density at radius 2 is 1.46 bits per heavy atom. The average Bonchev–Trinajstić information content (AvgIpc) is 3.01. The monoisotopic (exact) mass is 344 g/mol. The van der Waals surface area contributed by atoms with Gasteiger partial charge in [0, 0.05) is 0 Å². The fourth-order valence-corrected chi connectivity index (χ4v) is 3.15. The number of hydrazone groups is 1. The van der Waals surface area contributed by atoms with E-state index in [4.69, 9.17) is 0 Å². The highest BCUT2D eigenvalue weighted by Gasteiger charge is 2.37. The number of amides is 1. The van der Waals surface area contributed by atoms with Crippen molar-refractivity contribution in [2.45, 2.75) is 6.42 Å². The summed E-state index contributed by atoms with van der Waals surface area (Å²) in [4.78, 5) is 13.1. The summed E-state index contributed by atoms with van der Waals surface area (Å²) < 4.78 is 13.2. The van der Waals surface area contributed by atoms with Gasteiger partial charge in [0.25, 0.3) is 5.91 Å². The number of rotatable bonds is 4. The van der Waals surface area contributed by atoms with Gasteiger partial charge in [-0.3, -0.25) is 4.79 Å². The van der Waals surface area contributed by atoms with Crippen molar-refractivity contribution in [3.05, 3.63) is 102 Å². The summed E-state index contributed by atoms with van der Waals surface area (Å²) in [5.41, 5.74) is 3.31. The lowest BCUT2D eigenvalue weighted by Crippen LogP contribution is -2.29. The molecule has 0 saturated carbocycles. The van der Waals surface area contributed by atoms with Crippen LogP contribution in [-0.4, -0.2) is 11.6 Å². The van der Waals surface area contributed by atoms with Crippen LogP contribution in [0.4, 0.5) is 10.1 Å². The fourth-order valence-electron chi connectivity index (χ4n) is 3.15. The Balaban J connectivity index is 1.72. The Labute approximate surface area is 151 Å². The summed E-state index contributed by atoms with van der Waals surface area (Å²) in [5, 5.41) is 6.10. The molecular formula is C22H17FN2O. The van der Waals surface area contributed by atoms with Crippen molar-refractivity contribution < 1.29 is 9.18 Å². The van der Waals surface area contributed by atoms with Crippen LogP contribution in [0, 0.1) is 11.7 Å². The molecule has 1 amide bonds. The van der Waals surface area contributed by atoms with Gasteiger partial charge in [-0.05, 0) is 41.8 Å². The predicted octanol–water partition coefficient (Wildman–Crippen LogP) is 4.44. The first-order chi connectivity index (χ1) is 12.7. The van der Waals surface area contributed by atoms with Crippen molar-refractivity contribution in [2.75, 3.05) is 5.01 Å². The summed E-state index contributed by atoms with van der Waals surface area (Å²) in [6.45, 7) is 0. The molecule has 0 bridgehead atoms. The van der Waals surface area contributed by atoms with E-state index >= 15 is 0 Å². The molecule has 4 heteroatoms. The number of carbonyl (C=O) groups is 1. The summed E-state index contributed by atoms with van der Waals surface area (Å²) in [6, 6.07) is 25.4. The van der Waals surface area contributed by atoms with Gasteiger partial charge in [-0.1, -0.05) is 60.7 Å². The third-order valence-electron chi connectivity index (χ3n) is 4.47. The van der Waals surface area contributed by atoms with Crippen LogP contribution in [0.3, 0.4) is 0 Å². The molecule has 0 saturated heterocycles. The molecule has 128 valence electrons. The van der Waals surface area contributed by atoms with Crippen LogP contribution in [0.15, 0.2) is 90.0 Å². The molecule has 0 fully saturated rings. The van der Waals surface area contributed by atoms with Crippen LogP contribution >= 0.6 is 0 Å². The van der Waals surface area contributed by atoms with E-state index in [1.807, 2.05) is 60.7 Å². The zero-order valence-electron chi connectivity index (χ0n) is 14.0. The molecule has 0 aliphatic carbocycles. The fraction of sp³-hybridized carbons (Fsp3) is 0.0909. The third-order valence-corrected chi connectivity index (χ3v) is 4.47. The normalized spacial score (nSPS) is 16.7. The van der Waals surface area contributed by atoms with E-state index in [1.54, 1.807) is 12.1 Å². The Morgan fingerprint density at radius 3 is 2.12 bits per heavy atom. The summed E-state index contributed by atoms with van der Waals surface area (Å²) >= 11 is 0. The van der Waals surface area contributed by atoms with Gasteiger partial charge in [-0.15, -0.1) is 0 Å². The Bertz CT molecular complexity index is 937. The van der Waals surface area contributed by atoms with Crippen LogP contribution in [0.2, 0.25) is 0 Å². The molecule has 3 aromatic carbocycles. The minimum Gasteiger partial charge on any atom is -0.272 e. The number of halogens is 1. The second-order valence-electron chi connectivity index (χ2n) is 6.22. The van der Waals surface area contributed by atoms with Gasteiger partial charge in [0.05, 0.1) is 17.3 Å². The highest BCUT2D eigenvalue weighted by Crippen LogP contribution is 2.28. The van der Waals surface area contributed by atoms with Gasteiger partial charge in [-0.2, -0.15) is 10.1 Å². The van der Waals surface area contributed by atoms with Crippen molar-refractivity contribution >= 4 is 17.3 Å². The van der Waals surface area contributed by atoms with E-state index in [0.717, 1.165) is 22.5 Å². The van der Waals surface area contributed by atoms with Crippen molar-refractivity contribution in [3.63, 3.8) is 0 Å². The molecule has 4 rings (SSSR count). The zero-order chi connectivity index (χ0) is 17.9. The SMILES string of the molecule is O=C1C(Cc2ccc(F)cc2)C(c2ccccc2)=NN1c1ccccc1. The first-order valence-electron chi connectivity index (χ1n) is 8.50. The number of carbonyl (C=O) groups excluding carboxylic acids is 1. The van der Waals surface area contributed by atoms with Gasteiger partial charge in [0.1, 0.15) is 5.82 Å². The van der Waals surface area contributed by atoms with Gasteiger partial charge >= 0.3 is 0 Å². The second kappa shape index (κ2) is 6.92. The van der Waals surface area contributed by atoms with Crippen LogP contribution in [0.1, 0.15) is 11.1 Å². The molecule has 1 heterocycles. The van der Waals surface area contributed by atoms with Gasteiger partial charge < -0.3 is 0 Å². The van der Waals surface area contributed by atoms with Crippen molar-refractivity contribution in [3.8, 4) is 0 Å². The molecule has 3 aromatic rings. The maximum absolute atomic E-state index is 13.2. The highest BCUT2D eigenvalue weighted by atomic mass is 19.1. The summed E-state index contributed by atoms with van der Waals surface area (Å²) in [6.07, 6.45) is 0.482. The Hall–Kier alpha value is -3.27. The number of hydrogen-bond acceptors (Lipinski definition) is 2. The summed E-state index contributed by atoms with van der Waals surface area (Å²) in [5.74, 6) is -0.753. The zero-order valence-corrected chi connectivity index (χ0v) is 14.0. The molecule has 1 aliphatic rings. The van der Waals surface area contributed by atoms with Crippen molar-refractivity contribution in [1.82, 2.24) is 0 Å². The van der Waals surface area contributed by atoms with Crippen molar-refractivity contribution in [1.29, 1.82) is 0 Å². The van der Waals surface area contributed by atoms with E-state index in [1.165, 1.54) is 17.1 Å². The average molecular weight is 344 g/mol. The van der Waals surface area contributed by atoms with E-state index in [2.05, 4.69) is 5.10 Å². The van der Waals surface area contributed by atoms with E-state index in [-0.39, 0.29) is 11.7 Å². The van der Waals surface area contributed by atoms with E-state index in [0.29, 0.717) is 6.42 Å². The molecule has 0 N–H and O–H groups in total. The van der Waals surface area contributed by atoms with Crippen LogP contribution in [-0.2, 0) is 11.2 Å². The Kier molecular flexibility index (Phi) is 4.32. The van der Waals surface area contributed by atoms with Crippen LogP contribution < -0.4 is 5.01 Å². The van der Waals surface area contributed by atoms with Crippen molar-refractivity contribution in [2.24, 2.45) is 11.0 Å². The van der Waals surface area contributed by atoms with E-state index < -0.39 is 5.92 Å². The third kappa shape index (κ3) is 3.14. The number of para-hydroxylation sites is 1. The molecule has 1 unspecified atom stereocenters. The van der Waals surface area contributed by atoms with Gasteiger partial charge in [0.15, 0.2) is 0 Å². The molecule has 0 spiro atoms. The quantitative estimate of drug-likeness (QED) is 0.689. The van der Waals surface area contributed by atoms with Gasteiger partial charge in [0.2, 0.25) is 0 Å². The first kappa shape index (κ1) is 16.2. The molecular weight excluding hydrogens is 327 g/mol. The van der Waals surface area contributed by atoms with Gasteiger partial charge in [-0.25, -0.2) is 4.39 Å². The molecule has 3 nitrogen and oxygen atoms in total. The standard InChI is InChI=1S/C22H17FN2O/c23-18-13-11-16(12-14-18)15-20-21(17-7-3-1-4-8-17)24-25(22(20)26)19-9-5-2-6-10-19/h1-14,20H,15H2. The molecule has 0 radical (unpaired) electrons. The topological polar surface area (TPSA) is 32.7 Å². The number of benzene rings is 3. The van der Waals surface area contributed by atoms with Crippen LogP contribution in [0.25, 0.3) is 0 Å². The lowest BCUT2D eigenvalue weighted by Gasteiger charge is -2.14. The maximum Gasteiger partial charge on any atom is 0.256 e. The minimum atomic E-state index is -0.400. The van der Waals surface area contributed by atoms with E-state index in [9.17, 15) is 9.18 Å². The maximum atomic E-state index is 13.2. The highest BCUT2D eigenvalue weighted by molar-refractivity contribution is 6.21. The largest absolute Gasteiger partial charge is 0.272 e. The molecule has 26 heavy (non-hydrogen) atoms. The molecule has 1 atom stereocenters.